The first-order valence-corrected chi connectivity index (χ1v) is 7.73. The third-order valence-electron chi connectivity index (χ3n) is 2.86. The molecule has 1 aromatic heterocycles. The Balaban J connectivity index is 2.13. The number of esters is 1. The highest BCUT2D eigenvalue weighted by Crippen LogP contribution is 2.28. The molecule has 0 unspecified atom stereocenters. The molecule has 0 amide bonds. The summed E-state index contributed by atoms with van der Waals surface area (Å²) < 4.78 is 4.73. The van der Waals surface area contributed by atoms with E-state index in [-0.39, 0.29) is 10.7 Å². The number of aromatic carboxylic acids is 1. The Hall–Kier alpha value is -2.45. The number of carboxylic acid groups (broad SMARTS) is 1. The zero-order chi connectivity index (χ0) is 17.0. The second-order valence-electron chi connectivity index (χ2n) is 4.56. The van der Waals surface area contributed by atoms with E-state index in [0.717, 1.165) is 4.88 Å². The summed E-state index contributed by atoms with van der Waals surface area (Å²) in [6, 6.07) is 7.98. The number of thiocarbonyl (C=S) groups is 1. The fourth-order valence-corrected chi connectivity index (χ4v) is 3.05. The Bertz CT molecular complexity index is 771. The van der Waals surface area contributed by atoms with Gasteiger partial charge < -0.3 is 20.5 Å². The van der Waals surface area contributed by atoms with Crippen LogP contribution in [0.15, 0.2) is 30.3 Å². The average molecular weight is 350 g/mol. The Morgan fingerprint density at radius 2 is 2.00 bits per heavy atom. The Kier molecular flexibility index (Phi) is 5.30. The van der Waals surface area contributed by atoms with Crippen molar-refractivity contribution in [1.29, 1.82) is 0 Å². The zero-order valence-electron chi connectivity index (χ0n) is 12.4. The van der Waals surface area contributed by atoms with Crippen molar-refractivity contribution < 1.29 is 19.4 Å². The van der Waals surface area contributed by atoms with Crippen LogP contribution in [0.1, 0.15) is 25.6 Å². The van der Waals surface area contributed by atoms with E-state index in [4.69, 9.17) is 22.1 Å². The fourth-order valence-electron chi connectivity index (χ4n) is 1.86. The van der Waals surface area contributed by atoms with E-state index in [1.54, 1.807) is 18.2 Å². The summed E-state index contributed by atoms with van der Waals surface area (Å²) in [5.41, 5.74) is 1.09. The molecule has 0 bridgehead atoms. The van der Waals surface area contributed by atoms with Gasteiger partial charge in [0.15, 0.2) is 5.11 Å². The quantitative estimate of drug-likeness (QED) is 0.576. The van der Waals surface area contributed by atoms with Crippen LogP contribution in [0.25, 0.3) is 0 Å². The third-order valence-corrected chi connectivity index (χ3v) is 4.03. The highest BCUT2D eigenvalue weighted by Gasteiger charge is 2.16. The molecule has 0 aliphatic rings. The van der Waals surface area contributed by atoms with Crippen LogP contribution >= 0.6 is 23.6 Å². The van der Waals surface area contributed by atoms with Gasteiger partial charge in [0.1, 0.15) is 5.00 Å². The minimum atomic E-state index is -1.02. The summed E-state index contributed by atoms with van der Waals surface area (Å²) >= 11 is 6.58. The first-order chi connectivity index (χ1) is 10.9. The van der Waals surface area contributed by atoms with Gasteiger partial charge >= 0.3 is 11.9 Å². The number of carbonyl (C=O) groups excluding carboxylic acids is 1. The summed E-state index contributed by atoms with van der Waals surface area (Å²) in [5.74, 6) is -1.47. The second kappa shape index (κ2) is 7.21. The highest BCUT2D eigenvalue weighted by molar-refractivity contribution is 7.80. The molecule has 0 aliphatic carbocycles. The van der Waals surface area contributed by atoms with Crippen LogP contribution in [-0.2, 0) is 4.74 Å². The van der Waals surface area contributed by atoms with E-state index in [9.17, 15) is 9.59 Å². The number of ether oxygens (including phenoxy) is 1. The minimum Gasteiger partial charge on any atom is -0.478 e. The van der Waals surface area contributed by atoms with Gasteiger partial charge in [-0.05, 0) is 43.4 Å². The summed E-state index contributed by atoms with van der Waals surface area (Å²) in [7, 11) is 1.31. The van der Waals surface area contributed by atoms with Crippen LogP contribution in [0.5, 0.6) is 0 Å². The molecular weight excluding hydrogens is 336 g/mol. The van der Waals surface area contributed by atoms with Gasteiger partial charge in [0, 0.05) is 10.6 Å². The van der Waals surface area contributed by atoms with Crippen LogP contribution in [0, 0.1) is 6.92 Å². The van der Waals surface area contributed by atoms with Gasteiger partial charge in [-0.25, -0.2) is 9.59 Å². The largest absolute Gasteiger partial charge is 0.478 e. The van der Waals surface area contributed by atoms with Crippen LogP contribution < -0.4 is 10.6 Å². The van der Waals surface area contributed by atoms with Crippen molar-refractivity contribution >= 4 is 51.3 Å². The molecule has 0 saturated heterocycles. The smallest absolute Gasteiger partial charge is 0.340 e. The molecule has 0 spiro atoms. The minimum absolute atomic E-state index is 0.153. The number of rotatable bonds is 4. The van der Waals surface area contributed by atoms with E-state index < -0.39 is 11.9 Å². The average Bonchev–Trinajstić information content (AvgIpc) is 2.87. The van der Waals surface area contributed by atoms with Crippen molar-refractivity contribution in [3.63, 3.8) is 0 Å². The predicted molar refractivity (Wildman–Crippen MR) is 93.6 cm³/mol. The summed E-state index contributed by atoms with van der Waals surface area (Å²) in [4.78, 5) is 23.6. The Morgan fingerprint density at radius 1 is 1.26 bits per heavy atom. The molecular formula is C15H14N2O4S2. The lowest BCUT2D eigenvalue weighted by Gasteiger charge is -2.10. The topological polar surface area (TPSA) is 87.7 Å². The van der Waals surface area contributed by atoms with Crippen molar-refractivity contribution in [2.45, 2.75) is 6.92 Å². The standard InChI is InChI=1S/C15H14N2O4S2/c1-8-6-11(14(20)21-2)12(23-8)17-15(22)16-10-5-3-4-9(7-10)13(18)19/h3-7H,1-2H3,(H,18,19)(H2,16,17,22). The number of carbonyl (C=O) groups is 2. The van der Waals surface area contributed by atoms with Crippen molar-refractivity contribution in [2.75, 3.05) is 17.7 Å². The van der Waals surface area contributed by atoms with E-state index in [0.29, 0.717) is 16.3 Å². The van der Waals surface area contributed by atoms with Crippen molar-refractivity contribution in [3.8, 4) is 0 Å². The second-order valence-corrected chi connectivity index (χ2v) is 6.22. The van der Waals surface area contributed by atoms with Crippen LogP contribution in [0.3, 0.4) is 0 Å². The van der Waals surface area contributed by atoms with E-state index >= 15 is 0 Å². The molecule has 3 N–H and O–H groups in total. The molecule has 23 heavy (non-hydrogen) atoms. The number of anilines is 2. The lowest BCUT2D eigenvalue weighted by Crippen LogP contribution is -2.20. The Morgan fingerprint density at radius 3 is 2.65 bits per heavy atom. The van der Waals surface area contributed by atoms with Crippen LogP contribution in [0.2, 0.25) is 0 Å². The first kappa shape index (κ1) is 16.9. The monoisotopic (exact) mass is 350 g/mol. The maximum Gasteiger partial charge on any atom is 0.340 e. The molecule has 8 heteroatoms. The molecule has 0 radical (unpaired) electrons. The number of aryl methyl sites for hydroxylation is 1. The van der Waals surface area contributed by atoms with E-state index in [1.165, 1.54) is 30.6 Å². The number of methoxy groups -OCH3 is 1. The van der Waals surface area contributed by atoms with Gasteiger partial charge in [0.2, 0.25) is 0 Å². The molecule has 0 fully saturated rings. The zero-order valence-corrected chi connectivity index (χ0v) is 14.0. The highest BCUT2D eigenvalue weighted by atomic mass is 32.1. The Labute approximate surface area is 142 Å². The molecule has 2 rings (SSSR count). The summed E-state index contributed by atoms with van der Waals surface area (Å²) in [6.45, 7) is 1.87. The van der Waals surface area contributed by atoms with Crippen LogP contribution in [0.4, 0.5) is 10.7 Å². The maximum atomic E-state index is 11.7. The SMILES string of the molecule is COC(=O)c1cc(C)sc1NC(=S)Nc1cccc(C(=O)O)c1. The van der Waals surface area contributed by atoms with E-state index in [1.807, 2.05) is 6.92 Å². The van der Waals surface area contributed by atoms with Crippen molar-refractivity contribution in [2.24, 2.45) is 0 Å². The fraction of sp³-hybridized carbons (Fsp3) is 0.133. The van der Waals surface area contributed by atoms with Gasteiger partial charge in [-0.3, -0.25) is 0 Å². The number of nitrogens with one attached hydrogen (secondary N) is 2. The number of benzene rings is 1. The van der Waals surface area contributed by atoms with Crippen LogP contribution in [-0.4, -0.2) is 29.3 Å². The number of hydrogen-bond donors (Lipinski definition) is 3. The number of thiophene rings is 1. The molecule has 120 valence electrons. The molecule has 2 aromatic rings. The molecule has 1 aromatic carbocycles. The van der Waals surface area contributed by atoms with Gasteiger partial charge in [-0.15, -0.1) is 11.3 Å². The van der Waals surface area contributed by atoms with E-state index in [2.05, 4.69) is 10.6 Å². The van der Waals surface area contributed by atoms with Gasteiger partial charge in [-0.1, -0.05) is 6.07 Å². The van der Waals surface area contributed by atoms with Gasteiger partial charge in [0.05, 0.1) is 18.2 Å². The maximum absolute atomic E-state index is 11.7. The molecule has 1 heterocycles. The number of carboxylic acids is 1. The van der Waals surface area contributed by atoms with Crippen molar-refractivity contribution in [3.05, 3.63) is 46.3 Å². The normalized spacial score (nSPS) is 10.0. The summed E-state index contributed by atoms with van der Waals surface area (Å²) in [5, 5.41) is 15.6. The summed E-state index contributed by atoms with van der Waals surface area (Å²) in [6.07, 6.45) is 0. The third kappa shape index (κ3) is 4.27. The molecule has 6 nitrogen and oxygen atoms in total. The molecule has 0 atom stereocenters. The number of hydrogen-bond acceptors (Lipinski definition) is 5. The molecule has 0 saturated carbocycles. The van der Waals surface area contributed by atoms with Gasteiger partial charge in [-0.2, -0.15) is 0 Å². The lowest BCUT2D eigenvalue weighted by atomic mass is 10.2. The predicted octanol–water partition coefficient (Wildman–Crippen LogP) is 3.35. The lowest BCUT2D eigenvalue weighted by molar-refractivity contribution is 0.0601. The molecule has 0 aliphatic heterocycles. The van der Waals surface area contributed by atoms with Crippen molar-refractivity contribution in [1.82, 2.24) is 0 Å². The first-order valence-electron chi connectivity index (χ1n) is 6.51. The van der Waals surface area contributed by atoms with Gasteiger partial charge in [0.25, 0.3) is 0 Å².